The first kappa shape index (κ1) is 15.3. The average Bonchev–Trinajstić information content (AvgIpc) is 2.41. The lowest BCUT2D eigenvalue weighted by Crippen LogP contribution is -2.21. The zero-order chi connectivity index (χ0) is 15.5. The molecule has 0 unspecified atom stereocenters. The van der Waals surface area contributed by atoms with Crippen molar-refractivity contribution >= 4 is 28.7 Å². The monoisotopic (exact) mass is 310 g/mol. The second-order valence-corrected chi connectivity index (χ2v) is 4.90. The van der Waals surface area contributed by atoms with Gasteiger partial charge in [-0.3, -0.25) is 0 Å². The lowest BCUT2D eigenvalue weighted by molar-refractivity contribution is -0.136. The van der Waals surface area contributed by atoms with Crippen LogP contribution in [-0.2, 0) is 6.18 Å². The molecule has 2 nitrogen and oxygen atoms in total. The van der Waals surface area contributed by atoms with E-state index in [1.54, 1.807) is 12.1 Å². The molecule has 0 aromatic heterocycles. The molecule has 0 atom stereocenters. The number of halogens is 3. The van der Waals surface area contributed by atoms with Gasteiger partial charge >= 0.3 is 6.18 Å². The van der Waals surface area contributed by atoms with Gasteiger partial charge < -0.3 is 10.6 Å². The molecule has 0 aliphatic rings. The zero-order valence-electron chi connectivity index (χ0n) is 11.2. The molecule has 110 valence electrons. The molecule has 0 fully saturated rings. The fraction of sp³-hybridized carbons (Fsp3) is 0.133. The molecule has 0 heterocycles. The van der Waals surface area contributed by atoms with Crippen LogP contribution < -0.4 is 10.6 Å². The second-order valence-electron chi connectivity index (χ2n) is 4.49. The van der Waals surface area contributed by atoms with Crippen molar-refractivity contribution in [2.24, 2.45) is 0 Å². The number of benzene rings is 2. The minimum Gasteiger partial charge on any atom is -0.332 e. The molecule has 0 aliphatic carbocycles. The molecular weight excluding hydrogens is 297 g/mol. The van der Waals surface area contributed by atoms with Gasteiger partial charge in [-0.2, -0.15) is 13.2 Å². The Kier molecular flexibility index (Phi) is 4.47. The first-order valence-electron chi connectivity index (χ1n) is 6.17. The highest BCUT2D eigenvalue weighted by molar-refractivity contribution is 7.80. The number of hydrogen-bond donors (Lipinski definition) is 2. The molecule has 2 aromatic carbocycles. The third-order valence-corrected chi connectivity index (χ3v) is 2.99. The average molecular weight is 310 g/mol. The fourth-order valence-electron chi connectivity index (χ4n) is 1.76. The molecule has 2 N–H and O–H groups in total. The Labute approximate surface area is 126 Å². The molecule has 2 aromatic rings. The lowest BCUT2D eigenvalue weighted by Gasteiger charge is -2.15. The van der Waals surface area contributed by atoms with Gasteiger partial charge in [-0.1, -0.05) is 29.8 Å². The summed E-state index contributed by atoms with van der Waals surface area (Å²) in [5, 5.41) is 5.54. The van der Waals surface area contributed by atoms with Gasteiger partial charge in [0.1, 0.15) is 0 Å². The molecule has 0 amide bonds. The molecule has 0 spiro atoms. The van der Waals surface area contributed by atoms with Crippen LogP contribution in [-0.4, -0.2) is 5.11 Å². The van der Waals surface area contributed by atoms with Gasteiger partial charge in [-0.25, -0.2) is 0 Å². The number of rotatable bonds is 2. The van der Waals surface area contributed by atoms with Gasteiger partial charge in [-0.05, 0) is 43.4 Å². The number of nitrogens with one attached hydrogen (secondary N) is 2. The summed E-state index contributed by atoms with van der Waals surface area (Å²) in [5.74, 6) is 0. The van der Waals surface area contributed by atoms with Crippen LogP contribution in [0.2, 0.25) is 0 Å². The Balaban J connectivity index is 2.11. The fourth-order valence-corrected chi connectivity index (χ4v) is 1.99. The largest absolute Gasteiger partial charge is 0.418 e. The van der Waals surface area contributed by atoms with Gasteiger partial charge in [0.25, 0.3) is 0 Å². The van der Waals surface area contributed by atoms with Crippen LogP contribution in [0.5, 0.6) is 0 Å². The number of alkyl halides is 3. The highest BCUT2D eigenvalue weighted by Crippen LogP contribution is 2.34. The molecule has 0 saturated carbocycles. The van der Waals surface area contributed by atoms with Gasteiger partial charge in [0.15, 0.2) is 5.11 Å². The normalized spacial score (nSPS) is 11.0. The van der Waals surface area contributed by atoms with Crippen LogP contribution in [0.25, 0.3) is 0 Å². The molecule has 0 bridgehead atoms. The zero-order valence-corrected chi connectivity index (χ0v) is 12.0. The van der Waals surface area contributed by atoms with E-state index >= 15 is 0 Å². The summed E-state index contributed by atoms with van der Waals surface area (Å²) in [7, 11) is 0. The van der Waals surface area contributed by atoms with Crippen LogP contribution in [0.3, 0.4) is 0 Å². The van der Waals surface area contributed by atoms with Crippen LogP contribution >= 0.6 is 12.2 Å². The van der Waals surface area contributed by atoms with Crippen LogP contribution in [0.1, 0.15) is 11.1 Å². The third-order valence-electron chi connectivity index (χ3n) is 2.79. The summed E-state index contributed by atoms with van der Waals surface area (Å²) < 4.78 is 38.6. The Morgan fingerprint density at radius 3 is 2.19 bits per heavy atom. The Hall–Kier alpha value is -2.08. The minimum atomic E-state index is -4.43. The molecule has 0 aliphatic heterocycles. The summed E-state index contributed by atoms with van der Waals surface area (Å²) in [5.41, 5.74) is 0.970. The van der Waals surface area contributed by atoms with E-state index in [1.807, 2.05) is 19.1 Å². The smallest absolute Gasteiger partial charge is 0.332 e. The standard InChI is InChI=1S/C15H13F3N2S/c1-10-6-8-11(9-7-10)19-14(21)20-13-5-3-2-4-12(13)15(16,17)18/h2-9H,1H3,(H2,19,20,21). The molecular formula is C15H13F3N2S. The summed E-state index contributed by atoms with van der Waals surface area (Å²) in [6.45, 7) is 1.94. The van der Waals surface area contributed by atoms with Gasteiger partial charge in [-0.15, -0.1) is 0 Å². The maximum Gasteiger partial charge on any atom is 0.418 e. The molecule has 21 heavy (non-hydrogen) atoms. The van der Waals surface area contributed by atoms with Crippen LogP contribution in [0.4, 0.5) is 24.5 Å². The van der Waals surface area contributed by atoms with E-state index in [9.17, 15) is 13.2 Å². The van der Waals surface area contributed by atoms with Crippen molar-refractivity contribution in [2.45, 2.75) is 13.1 Å². The minimum absolute atomic E-state index is 0.0744. The van der Waals surface area contributed by atoms with E-state index < -0.39 is 11.7 Å². The van der Waals surface area contributed by atoms with Crippen molar-refractivity contribution in [3.63, 3.8) is 0 Å². The van der Waals surface area contributed by atoms with Crippen molar-refractivity contribution in [3.05, 3.63) is 59.7 Å². The quantitative estimate of drug-likeness (QED) is 0.777. The first-order chi connectivity index (χ1) is 9.86. The Bertz CT molecular complexity index is 636. The highest BCUT2D eigenvalue weighted by atomic mass is 32.1. The topological polar surface area (TPSA) is 24.1 Å². The van der Waals surface area contributed by atoms with E-state index in [0.717, 1.165) is 11.6 Å². The summed E-state index contributed by atoms with van der Waals surface area (Å²) >= 11 is 5.04. The van der Waals surface area contributed by atoms with Crippen molar-refractivity contribution in [1.82, 2.24) is 0 Å². The van der Waals surface area contributed by atoms with Crippen molar-refractivity contribution < 1.29 is 13.2 Å². The Morgan fingerprint density at radius 2 is 1.57 bits per heavy atom. The third kappa shape index (κ3) is 4.19. The van der Waals surface area contributed by atoms with E-state index in [2.05, 4.69) is 10.6 Å². The summed E-state index contributed by atoms with van der Waals surface area (Å²) in [6.07, 6.45) is -4.43. The summed E-state index contributed by atoms with van der Waals surface area (Å²) in [6, 6.07) is 12.6. The second kappa shape index (κ2) is 6.13. The SMILES string of the molecule is Cc1ccc(NC(=S)Nc2ccccc2C(F)(F)F)cc1. The number of aryl methyl sites for hydroxylation is 1. The molecule has 0 radical (unpaired) electrons. The number of para-hydroxylation sites is 1. The maximum absolute atomic E-state index is 12.9. The van der Waals surface area contributed by atoms with Crippen molar-refractivity contribution in [1.29, 1.82) is 0 Å². The predicted octanol–water partition coefficient (Wildman–Crippen LogP) is 4.82. The lowest BCUT2D eigenvalue weighted by atomic mass is 10.1. The molecule has 0 saturated heterocycles. The predicted molar refractivity (Wildman–Crippen MR) is 82.5 cm³/mol. The van der Waals surface area contributed by atoms with Gasteiger partial charge in [0, 0.05) is 5.69 Å². The van der Waals surface area contributed by atoms with Crippen molar-refractivity contribution in [2.75, 3.05) is 10.6 Å². The van der Waals surface area contributed by atoms with E-state index in [0.29, 0.717) is 5.69 Å². The van der Waals surface area contributed by atoms with E-state index in [-0.39, 0.29) is 10.8 Å². The number of thiocarbonyl (C=S) groups is 1. The first-order valence-corrected chi connectivity index (χ1v) is 6.58. The Morgan fingerprint density at radius 1 is 0.952 bits per heavy atom. The van der Waals surface area contributed by atoms with Crippen LogP contribution in [0.15, 0.2) is 48.5 Å². The van der Waals surface area contributed by atoms with Crippen molar-refractivity contribution in [3.8, 4) is 0 Å². The molecule has 2 rings (SSSR count). The van der Waals surface area contributed by atoms with Gasteiger partial charge in [0.2, 0.25) is 0 Å². The highest BCUT2D eigenvalue weighted by Gasteiger charge is 2.33. The van der Waals surface area contributed by atoms with E-state index in [4.69, 9.17) is 12.2 Å². The maximum atomic E-state index is 12.9. The molecule has 6 heteroatoms. The number of anilines is 2. The summed E-state index contributed by atoms with van der Waals surface area (Å²) in [4.78, 5) is 0. The number of hydrogen-bond acceptors (Lipinski definition) is 1. The van der Waals surface area contributed by atoms with Crippen LogP contribution in [0, 0.1) is 6.92 Å². The van der Waals surface area contributed by atoms with Gasteiger partial charge in [0.05, 0.1) is 11.3 Å². The van der Waals surface area contributed by atoms with E-state index in [1.165, 1.54) is 18.2 Å².